The molecule has 0 rings (SSSR count). The van der Waals surface area contributed by atoms with E-state index >= 15 is 0 Å². The topological polar surface area (TPSA) is 18.5 Å². The minimum absolute atomic E-state index is 0.668. The molecule has 14 heavy (non-hydrogen) atoms. The fourth-order valence-electron chi connectivity index (χ4n) is 1.04. The van der Waals surface area contributed by atoms with Crippen LogP contribution < -0.4 is 0 Å². The minimum atomic E-state index is -1.42. The summed E-state index contributed by atoms with van der Waals surface area (Å²) in [5.74, 6) is 0. The maximum atomic E-state index is 6.04. The third kappa shape index (κ3) is 8.68. The third-order valence-electron chi connectivity index (χ3n) is 1.53. The summed E-state index contributed by atoms with van der Waals surface area (Å²) in [4.78, 5) is 0. The van der Waals surface area contributed by atoms with Crippen molar-refractivity contribution in [1.29, 1.82) is 0 Å². The first-order chi connectivity index (χ1) is 6.35. The highest BCUT2D eigenvalue weighted by atomic mass is 28.4. The van der Waals surface area contributed by atoms with Gasteiger partial charge in [-0.15, -0.1) is 0 Å². The van der Waals surface area contributed by atoms with Crippen LogP contribution in [0.5, 0.6) is 0 Å². The lowest BCUT2D eigenvalue weighted by molar-refractivity contribution is 0.288. The second-order valence-corrected chi connectivity index (χ2v) is 11.7. The second-order valence-electron chi connectivity index (χ2n) is 4.72. The fraction of sp³-hybridized carbons (Fsp3) is 0.800. The maximum absolute atomic E-state index is 6.04. The molecule has 0 N–H and O–H groups in total. The Morgan fingerprint density at radius 1 is 1.36 bits per heavy atom. The van der Waals surface area contributed by atoms with Gasteiger partial charge in [0.15, 0.2) is 8.32 Å². The quantitative estimate of drug-likeness (QED) is 0.496. The molecule has 0 aromatic rings. The Kier molecular flexibility index (Phi) is 6.60. The molecule has 1 atom stereocenters. The van der Waals surface area contributed by atoms with Gasteiger partial charge in [-0.25, -0.2) is 0 Å². The lowest BCUT2D eigenvalue weighted by Gasteiger charge is -2.25. The van der Waals surface area contributed by atoms with E-state index in [2.05, 4.69) is 33.1 Å². The summed E-state index contributed by atoms with van der Waals surface area (Å²) in [5, 5.41) is 0. The van der Waals surface area contributed by atoms with Gasteiger partial charge in [-0.05, 0) is 32.6 Å². The van der Waals surface area contributed by atoms with E-state index < -0.39 is 17.6 Å². The van der Waals surface area contributed by atoms with Gasteiger partial charge in [-0.1, -0.05) is 25.5 Å². The van der Waals surface area contributed by atoms with Crippen molar-refractivity contribution in [3.8, 4) is 0 Å². The van der Waals surface area contributed by atoms with Gasteiger partial charge >= 0.3 is 9.28 Å². The van der Waals surface area contributed by atoms with Crippen LogP contribution in [0.3, 0.4) is 0 Å². The highest BCUT2D eigenvalue weighted by Crippen LogP contribution is 2.11. The van der Waals surface area contributed by atoms with Crippen LogP contribution in [0.15, 0.2) is 12.2 Å². The molecular weight excluding hydrogens is 208 g/mol. The number of hydrogen-bond acceptors (Lipinski definition) is 2. The van der Waals surface area contributed by atoms with E-state index in [0.717, 1.165) is 18.0 Å². The SMILES string of the molecule is C=C(C)CO[SiH](CCC)O[Si](C)(C)C. The van der Waals surface area contributed by atoms with E-state index in [4.69, 9.17) is 8.54 Å². The Balaban J connectivity index is 3.95. The normalized spacial score (nSPS) is 14.1. The predicted octanol–water partition coefficient (Wildman–Crippen LogP) is 3.06. The van der Waals surface area contributed by atoms with Gasteiger partial charge in [0.25, 0.3) is 0 Å². The van der Waals surface area contributed by atoms with Crippen LogP contribution in [0.4, 0.5) is 0 Å². The molecule has 0 saturated heterocycles. The van der Waals surface area contributed by atoms with Gasteiger partial charge < -0.3 is 8.54 Å². The van der Waals surface area contributed by atoms with E-state index in [9.17, 15) is 0 Å². The van der Waals surface area contributed by atoms with Crippen LogP contribution in [0.1, 0.15) is 20.3 Å². The summed E-state index contributed by atoms with van der Waals surface area (Å²) in [5.41, 5.74) is 1.08. The lowest BCUT2D eigenvalue weighted by atomic mass is 10.4. The molecule has 4 heteroatoms. The summed E-state index contributed by atoms with van der Waals surface area (Å²) >= 11 is 0. The first kappa shape index (κ1) is 14.1. The highest BCUT2D eigenvalue weighted by molar-refractivity contribution is 6.76. The van der Waals surface area contributed by atoms with Crippen LogP contribution in [0, 0.1) is 0 Å². The average Bonchev–Trinajstić information content (AvgIpc) is 1.98. The zero-order chi connectivity index (χ0) is 11.2. The molecule has 0 aliphatic heterocycles. The number of rotatable bonds is 7. The Morgan fingerprint density at radius 3 is 2.29 bits per heavy atom. The minimum Gasteiger partial charge on any atom is -0.438 e. The fourth-order valence-corrected chi connectivity index (χ4v) is 6.05. The predicted molar refractivity (Wildman–Crippen MR) is 67.4 cm³/mol. The standard InChI is InChI=1S/C10H24O2Si2/c1-7-8-13(11-9-10(2)3)12-14(4,5)6/h13H,2,7-9H2,1,3-6H3. The lowest BCUT2D eigenvalue weighted by Crippen LogP contribution is -2.37. The van der Waals surface area contributed by atoms with Crippen LogP contribution in [-0.2, 0) is 8.54 Å². The molecule has 0 amide bonds. The van der Waals surface area contributed by atoms with Crippen molar-refractivity contribution in [3.63, 3.8) is 0 Å². The van der Waals surface area contributed by atoms with Gasteiger partial charge in [0.1, 0.15) is 0 Å². The second kappa shape index (κ2) is 6.55. The van der Waals surface area contributed by atoms with Crippen LogP contribution in [-0.4, -0.2) is 24.2 Å². The summed E-state index contributed by atoms with van der Waals surface area (Å²) in [7, 11) is -2.84. The van der Waals surface area contributed by atoms with Gasteiger partial charge in [0.05, 0.1) is 6.61 Å². The maximum Gasteiger partial charge on any atom is 0.311 e. The van der Waals surface area contributed by atoms with Crippen molar-refractivity contribution in [3.05, 3.63) is 12.2 Å². The van der Waals surface area contributed by atoms with Gasteiger partial charge in [-0.3, -0.25) is 0 Å². The van der Waals surface area contributed by atoms with Gasteiger partial charge in [-0.2, -0.15) is 0 Å². The molecule has 0 aromatic heterocycles. The molecule has 0 aliphatic carbocycles. The van der Waals surface area contributed by atoms with Crippen molar-refractivity contribution in [2.75, 3.05) is 6.61 Å². The molecule has 0 aliphatic rings. The van der Waals surface area contributed by atoms with Gasteiger partial charge in [0, 0.05) is 0 Å². The summed E-state index contributed by atoms with van der Waals surface area (Å²) < 4.78 is 11.8. The van der Waals surface area contributed by atoms with E-state index in [1.807, 2.05) is 6.92 Å². The molecule has 0 radical (unpaired) electrons. The Bertz CT molecular complexity index is 175. The van der Waals surface area contributed by atoms with Crippen LogP contribution in [0.2, 0.25) is 25.7 Å². The highest BCUT2D eigenvalue weighted by Gasteiger charge is 2.22. The largest absolute Gasteiger partial charge is 0.438 e. The molecular formula is C10H24O2Si2. The Morgan fingerprint density at radius 2 is 1.93 bits per heavy atom. The van der Waals surface area contributed by atoms with Crippen molar-refractivity contribution >= 4 is 17.6 Å². The summed E-state index contributed by atoms with van der Waals surface area (Å²) in [6.45, 7) is 15.3. The molecule has 0 spiro atoms. The van der Waals surface area contributed by atoms with E-state index in [0.29, 0.717) is 6.61 Å². The molecule has 84 valence electrons. The monoisotopic (exact) mass is 232 g/mol. The summed E-state index contributed by atoms with van der Waals surface area (Å²) in [6, 6.07) is 1.11. The first-order valence-electron chi connectivity index (χ1n) is 5.29. The molecule has 1 unspecified atom stereocenters. The molecule has 0 bridgehead atoms. The van der Waals surface area contributed by atoms with Crippen molar-refractivity contribution in [2.24, 2.45) is 0 Å². The molecule has 0 heterocycles. The molecule has 0 aromatic carbocycles. The van der Waals surface area contributed by atoms with Crippen molar-refractivity contribution in [2.45, 2.75) is 46.0 Å². The molecule has 0 fully saturated rings. The average molecular weight is 232 g/mol. The van der Waals surface area contributed by atoms with E-state index in [-0.39, 0.29) is 0 Å². The zero-order valence-electron chi connectivity index (χ0n) is 10.2. The Labute approximate surface area is 91.3 Å². The number of hydrogen-bond donors (Lipinski definition) is 0. The zero-order valence-corrected chi connectivity index (χ0v) is 12.4. The van der Waals surface area contributed by atoms with Crippen LogP contribution >= 0.6 is 0 Å². The Hall–Kier alpha value is 0.0938. The van der Waals surface area contributed by atoms with Crippen molar-refractivity contribution in [1.82, 2.24) is 0 Å². The molecule has 0 saturated carbocycles. The third-order valence-corrected chi connectivity index (χ3v) is 6.99. The van der Waals surface area contributed by atoms with Crippen molar-refractivity contribution < 1.29 is 8.54 Å². The van der Waals surface area contributed by atoms with Gasteiger partial charge in [0.2, 0.25) is 0 Å². The first-order valence-corrected chi connectivity index (χ1v) is 10.5. The van der Waals surface area contributed by atoms with E-state index in [1.54, 1.807) is 0 Å². The smallest absolute Gasteiger partial charge is 0.311 e. The summed E-state index contributed by atoms with van der Waals surface area (Å²) in [6.07, 6.45) is 1.15. The van der Waals surface area contributed by atoms with E-state index in [1.165, 1.54) is 0 Å². The molecule has 2 nitrogen and oxygen atoms in total. The van der Waals surface area contributed by atoms with Crippen LogP contribution in [0.25, 0.3) is 0 Å².